The molecule has 0 aromatic rings. The van der Waals surface area contributed by atoms with Gasteiger partial charge in [-0.2, -0.15) is 0 Å². The Hall–Kier alpha value is 0.610. The van der Waals surface area contributed by atoms with Gasteiger partial charge in [-0.1, -0.05) is 40.0 Å². The van der Waals surface area contributed by atoms with E-state index in [0.29, 0.717) is 12.5 Å². The summed E-state index contributed by atoms with van der Waals surface area (Å²) in [7, 11) is 0. The predicted octanol–water partition coefficient (Wildman–Crippen LogP) is 4.70. The highest BCUT2D eigenvalue weighted by Crippen LogP contribution is 2.29. The monoisotopic (exact) mass is 358 g/mol. The summed E-state index contributed by atoms with van der Waals surface area (Å²) in [6, 6.07) is 0. The normalized spacial score (nSPS) is 17.1. The topological polar surface area (TPSA) is 38.7 Å². The van der Waals surface area contributed by atoms with Crippen LogP contribution in [0.2, 0.25) is 0 Å². The average molecular weight is 358 g/mol. The fourth-order valence-corrected chi connectivity index (χ4v) is 2.67. The summed E-state index contributed by atoms with van der Waals surface area (Å²) in [6.45, 7) is 9.12. The highest BCUT2D eigenvalue weighted by molar-refractivity contribution is 14.1. The van der Waals surface area contributed by atoms with Crippen LogP contribution in [0.4, 0.5) is 0 Å². The molecule has 0 saturated carbocycles. The van der Waals surface area contributed by atoms with E-state index in [1.165, 1.54) is 25.7 Å². The lowest BCUT2D eigenvalue weighted by atomic mass is 9.81. The highest BCUT2D eigenvalue weighted by atomic mass is 127. The first-order valence-corrected chi connectivity index (χ1v) is 7.48. The maximum absolute atomic E-state index is 8.72. The predicted molar refractivity (Wildman–Crippen MR) is 79.1 cm³/mol. The van der Waals surface area contributed by atoms with Crippen LogP contribution in [0.5, 0.6) is 0 Å². The number of hydrogen-bond donors (Lipinski definition) is 1. The molecule has 0 aliphatic heterocycles. The van der Waals surface area contributed by atoms with E-state index in [2.05, 4.69) is 25.7 Å². The third kappa shape index (κ3) is 7.59. The van der Waals surface area contributed by atoms with Gasteiger partial charge in [-0.25, -0.2) is 4.89 Å². The summed E-state index contributed by atoms with van der Waals surface area (Å²) >= 11 is 1.93. The first kappa shape index (κ1) is 17.6. The van der Waals surface area contributed by atoms with Crippen molar-refractivity contribution in [3.05, 3.63) is 0 Å². The first-order chi connectivity index (χ1) is 8.06. The molecule has 104 valence electrons. The van der Waals surface area contributed by atoms with Crippen LogP contribution in [0.1, 0.15) is 53.4 Å². The van der Waals surface area contributed by atoms with Crippen molar-refractivity contribution in [3.8, 4) is 0 Å². The van der Waals surface area contributed by atoms with E-state index in [1.54, 1.807) is 0 Å². The maximum atomic E-state index is 8.72. The minimum Gasteiger partial charge on any atom is -0.312 e. The smallest absolute Gasteiger partial charge is 0.110 e. The molecule has 0 aliphatic rings. The molecular weight excluding hydrogens is 331 g/mol. The summed E-state index contributed by atoms with van der Waals surface area (Å²) in [6.07, 6.45) is 4.86. The van der Waals surface area contributed by atoms with Crippen molar-refractivity contribution in [3.63, 3.8) is 0 Å². The molecule has 4 heteroatoms. The molecule has 3 unspecified atom stereocenters. The van der Waals surface area contributed by atoms with E-state index in [4.69, 9.17) is 8.32 Å². The van der Waals surface area contributed by atoms with Crippen LogP contribution in [-0.2, 0) is 7.95 Å². The molecule has 1 N–H and O–H groups in total. The van der Waals surface area contributed by atoms with Gasteiger partial charge in [-0.05, 0) is 25.2 Å². The van der Waals surface area contributed by atoms with Crippen LogP contribution in [0.15, 0.2) is 0 Å². The molecule has 0 spiro atoms. The zero-order valence-corrected chi connectivity index (χ0v) is 13.6. The van der Waals surface area contributed by atoms with Crippen molar-refractivity contribution in [2.75, 3.05) is 6.61 Å². The van der Waals surface area contributed by atoms with Crippen LogP contribution in [0.3, 0.4) is 0 Å². The number of hydrogen-bond acceptors (Lipinski definition) is 3. The molecule has 0 aromatic carbocycles. The summed E-state index contributed by atoms with van der Waals surface area (Å²) in [4.78, 5) is 4.38. The molecule has 0 saturated heterocycles. The second-order valence-corrected chi connectivity index (χ2v) is 5.78. The molecule has 3 nitrogen and oxygen atoms in total. The zero-order valence-electron chi connectivity index (χ0n) is 11.5. The molecule has 0 fully saturated rings. The van der Waals surface area contributed by atoms with Crippen LogP contribution >= 0.6 is 23.0 Å². The molecule has 17 heavy (non-hydrogen) atoms. The Bertz CT molecular complexity index is 176. The van der Waals surface area contributed by atoms with E-state index >= 15 is 0 Å². The molecule has 0 amide bonds. The lowest BCUT2D eigenvalue weighted by Gasteiger charge is -2.30. The first-order valence-electron chi connectivity index (χ1n) is 6.60. The molecule has 0 rings (SSSR count). The molecule has 0 bridgehead atoms. The van der Waals surface area contributed by atoms with Crippen molar-refractivity contribution < 1.29 is 13.2 Å². The Balaban J connectivity index is 4.45. The van der Waals surface area contributed by atoms with Gasteiger partial charge in [-0.3, -0.25) is 5.26 Å². The molecule has 0 aliphatic carbocycles. The van der Waals surface area contributed by atoms with Crippen LogP contribution in [0, 0.1) is 17.8 Å². The van der Waals surface area contributed by atoms with Gasteiger partial charge < -0.3 is 3.07 Å². The van der Waals surface area contributed by atoms with Gasteiger partial charge in [0.25, 0.3) is 0 Å². The number of rotatable bonds is 10. The standard InChI is InChI=1S/C13H27IO3/c1-5-6-12(8-7-10(2)3)13(9-16-15)11(4)17-14/h10-13,15H,5-9H2,1-4H3. The Morgan fingerprint density at radius 3 is 2.18 bits per heavy atom. The van der Waals surface area contributed by atoms with Crippen molar-refractivity contribution in [1.82, 2.24) is 0 Å². The highest BCUT2D eigenvalue weighted by Gasteiger charge is 2.27. The van der Waals surface area contributed by atoms with Gasteiger partial charge in [0, 0.05) is 5.92 Å². The molecular formula is C13H27IO3. The minimum absolute atomic E-state index is 0.117. The quantitative estimate of drug-likeness (QED) is 0.350. The van der Waals surface area contributed by atoms with E-state index in [9.17, 15) is 0 Å². The fourth-order valence-electron chi connectivity index (χ4n) is 2.30. The average Bonchev–Trinajstić information content (AvgIpc) is 2.30. The molecule has 0 aromatic heterocycles. The van der Waals surface area contributed by atoms with Crippen LogP contribution < -0.4 is 0 Å². The van der Waals surface area contributed by atoms with E-state index in [1.807, 2.05) is 29.9 Å². The minimum atomic E-state index is 0.117. The van der Waals surface area contributed by atoms with Crippen molar-refractivity contribution in [2.24, 2.45) is 17.8 Å². The third-order valence-corrected chi connectivity index (χ3v) is 4.19. The largest absolute Gasteiger partial charge is 0.312 e. The summed E-state index contributed by atoms with van der Waals surface area (Å²) in [5, 5.41) is 8.72. The lowest BCUT2D eigenvalue weighted by molar-refractivity contribution is -0.258. The van der Waals surface area contributed by atoms with Gasteiger partial charge in [-0.15, -0.1) is 0 Å². The number of halogens is 1. The van der Waals surface area contributed by atoms with Gasteiger partial charge in [0.15, 0.2) is 0 Å². The lowest BCUT2D eigenvalue weighted by Crippen LogP contribution is -2.30. The summed E-state index contributed by atoms with van der Waals surface area (Å²) < 4.78 is 5.38. The molecule has 3 atom stereocenters. The Labute approximate surface area is 120 Å². The zero-order chi connectivity index (χ0) is 13.3. The Morgan fingerprint density at radius 2 is 1.76 bits per heavy atom. The van der Waals surface area contributed by atoms with Gasteiger partial charge >= 0.3 is 0 Å². The van der Waals surface area contributed by atoms with Crippen LogP contribution in [-0.4, -0.2) is 18.0 Å². The summed E-state index contributed by atoms with van der Waals surface area (Å²) in [5.41, 5.74) is 0. The van der Waals surface area contributed by atoms with Crippen LogP contribution in [0.25, 0.3) is 0 Å². The second-order valence-electron chi connectivity index (χ2n) is 5.27. The fraction of sp³-hybridized carbons (Fsp3) is 1.00. The second kappa shape index (κ2) is 10.5. The SMILES string of the molecule is CCCC(CCC(C)C)C(COO)C(C)OI. The summed E-state index contributed by atoms with van der Waals surface area (Å²) in [5.74, 6) is 1.57. The maximum Gasteiger partial charge on any atom is 0.110 e. The third-order valence-electron chi connectivity index (χ3n) is 3.39. The van der Waals surface area contributed by atoms with E-state index in [0.717, 1.165) is 5.92 Å². The Morgan fingerprint density at radius 1 is 1.12 bits per heavy atom. The van der Waals surface area contributed by atoms with Crippen molar-refractivity contribution in [1.29, 1.82) is 0 Å². The van der Waals surface area contributed by atoms with Crippen molar-refractivity contribution >= 4 is 23.0 Å². The van der Waals surface area contributed by atoms with Gasteiger partial charge in [0.1, 0.15) is 23.0 Å². The molecule has 0 heterocycles. The van der Waals surface area contributed by atoms with E-state index < -0.39 is 0 Å². The van der Waals surface area contributed by atoms with Crippen molar-refractivity contribution in [2.45, 2.75) is 59.5 Å². The molecule has 0 radical (unpaired) electrons. The van der Waals surface area contributed by atoms with Gasteiger partial charge in [0.05, 0.1) is 12.7 Å². The van der Waals surface area contributed by atoms with Gasteiger partial charge in [0.2, 0.25) is 0 Å². The Kier molecular flexibility index (Phi) is 10.9. The van der Waals surface area contributed by atoms with E-state index in [-0.39, 0.29) is 12.0 Å².